The van der Waals surface area contributed by atoms with Gasteiger partial charge in [0.05, 0.1) is 73.1 Å². The molecule has 0 radical (unpaired) electrons. The lowest BCUT2D eigenvalue weighted by molar-refractivity contribution is -0.145. The summed E-state index contributed by atoms with van der Waals surface area (Å²) < 4.78 is 58.8. The first-order chi connectivity index (χ1) is 43.5. The van der Waals surface area contributed by atoms with Crippen LogP contribution in [-0.2, 0) is 38.2 Å². The van der Waals surface area contributed by atoms with Crippen molar-refractivity contribution in [1.29, 1.82) is 0 Å². The second-order valence-electron chi connectivity index (χ2n) is 22.0. The zero-order valence-corrected chi connectivity index (χ0v) is 50.7. The number of nitrogens with zero attached hydrogens (tertiary/aromatic N) is 3. The number of esters is 6. The minimum absolute atomic E-state index is 0.182. The quantitative estimate of drug-likeness (QED) is 0.00985. The summed E-state index contributed by atoms with van der Waals surface area (Å²) in [6, 6.07) is 33.8. The third-order valence-electron chi connectivity index (χ3n) is 15.5. The number of carbonyl (C=O) groups excluding carboxylic acids is 6. The molecule has 2 heterocycles. The van der Waals surface area contributed by atoms with Crippen LogP contribution in [0.4, 0.5) is 5.13 Å². The Morgan fingerprint density at radius 3 is 1.49 bits per heavy atom. The number of fused-ring (bicyclic) bond motifs is 2. The molecule has 0 N–H and O–H groups in total. The summed E-state index contributed by atoms with van der Waals surface area (Å²) in [5.74, 6) is -0.562. The van der Waals surface area contributed by atoms with E-state index in [0.29, 0.717) is 123 Å². The topological polar surface area (TPSA) is 223 Å². The maximum Gasteiger partial charge on any atom is 0.330 e. The summed E-state index contributed by atoms with van der Waals surface area (Å²) in [6.45, 7) is 9.05. The second kappa shape index (κ2) is 33.3. The molecule has 0 bridgehead atoms. The molecule has 6 aromatic rings. The Balaban J connectivity index is 0.797. The Hall–Kier alpha value is -9.04. The van der Waals surface area contributed by atoms with Crippen molar-refractivity contribution in [3.63, 3.8) is 0 Å². The van der Waals surface area contributed by atoms with Crippen molar-refractivity contribution in [1.82, 2.24) is 4.98 Å². The highest BCUT2D eigenvalue weighted by atomic mass is 32.1. The maximum atomic E-state index is 14.1. The van der Waals surface area contributed by atoms with Gasteiger partial charge in [0.2, 0.25) is 5.13 Å². The minimum Gasteiger partial charge on any atom is -0.494 e. The van der Waals surface area contributed by atoms with Crippen LogP contribution in [0.2, 0.25) is 0 Å². The number of aromatic nitrogens is 1. The van der Waals surface area contributed by atoms with Gasteiger partial charge in [-0.25, -0.2) is 19.6 Å². The van der Waals surface area contributed by atoms with Gasteiger partial charge in [0.15, 0.2) is 17.6 Å². The van der Waals surface area contributed by atoms with Gasteiger partial charge in [0, 0.05) is 17.7 Å². The van der Waals surface area contributed by atoms with E-state index in [9.17, 15) is 28.8 Å². The van der Waals surface area contributed by atoms with Crippen LogP contribution in [-0.4, -0.2) is 92.7 Å². The molecular formula is C69H75N3O16S. The Morgan fingerprint density at radius 2 is 0.978 bits per heavy atom. The molecule has 3 aliphatic rings. The number of thiazole rings is 1. The molecule has 1 aliphatic heterocycles. The molecule has 1 atom stereocenters. The molecule has 0 spiro atoms. The summed E-state index contributed by atoms with van der Waals surface area (Å²) in [5, 5.41) is 7.25. The molecule has 9 rings (SSSR count). The predicted octanol–water partition coefficient (Wildman–Crippen LogP) is 12.9. The number of carbonyl (C=O) groups is 6. The van der Waals surface area contributed by atoms with E-state index in [-0.39, 0.29) is 36.6 Å². The highest BCUT2D eigenvalue weighted by Gasteiger charge is 2.35. The SMILES string of the molecule is C=CC(=O)OCCCCCCOc1ccc(OC(=O)[C@H]2CC[C@H](C(=O)Oc3ccc(OC(=O)[C@H]4CC[C@H](C(=O)Oc5ccc(OCCCCCCOC(=O)C=C)cc5)CC4)c(/C=N/N(CC4COc5ccccc5O4)c4nc5ccccc5s4)c3)CC2)cc1. The van der Waals surface area contributed by atoms with E-state index >= 15 is 0 Å². The predicted molar refractivity (Wildman–Crippen MR) is 334 cm³/mol. The number of benzene rings is 5. The Kier molecular flexibility index (Phi) is 24.1. The van der Waals surface area contributed by atoms with E-state index in [0.717, 1.165) is 73.7 Å². The molecule has 2 aliphatic carbocycles. The highest BCUT2D eigenvalue weighted by Crippen LogP contribution is 2.37. The van der Waals surface area contributed by atoms with Crippen LogP contribution in [0.5, 0.6) is 46.0 Å². The Bertz CT molecular complexity index is 3350. The lowest BCUT2D eigenvalue weighted by atomic mass is 9.82. The van der Waals surface area contributed by atoms with Crippen LogP contribution in [0.15, 0.2) is 146 Å². The van der Waals surface area contributed by atoms with E-state index in [1.165, 1.54) is 11.3 Å². The fraction of sp³-hybridized carbons (Fsp3) is 0.391. The van der Waals surface area contributed by atoms with Crippen LogP contribution in [0.25, 0.3) is 10.2 Å². The van der Waals surface area contributed by atoms with Crippen molar-refractivity contribution in [2.24, 2.45) is 28.8 Å². The summed E-state index contributed by atoms with van der Waals surface area (Å²) >= 11 is 1.45. The lowest BCUT2D eigenvalue weighted by Gasteiger charge is -2.29. The molecule has 0 amide bonds. The zero-order chi connectivity index (χ0) is 62.2. The van der Waals surface area contributed by atoms with Gasteiger partial charge in [0.25, 0.3) is 0 Å². The van der Waals surface area contributed by atoms with Crippen molar-refractivity contribution in [3.8, 4) is 46.0 Å². The average Bonchev–Trinajstić information content (AvgIpc) is 3.15. The number of rotatable bonds is 31. The maximum absolute atomic E-state index is 14.1. The van der Waals surface area contributed by atoms with Crippen LogP contribution in [0.3, 0.4) is 0 Å². The molecule has 1 aromatic heterocycles. The molecule has 89 heavy (non-hydrogen) atoms. The molecule has 2 saturated carbocycles. The van der Waals surface area contributed by atoms with Crippen molar-refractivity contribution < 1.29 is 76.1 Å². The third-order valence-corrected chi connectivity index (χ3v) is 16.6. The van der Waals surface area contributed by atoms with Crippen LogP contribution >= 0.6 is 11.3 Å². The molecule has 20 heteroatoms. The summed E-state index contributed by atoms with van der Waals surface area (Å²) in [4.78, 5) is 81.9. The molecule has 468 valence electrons. The summed E-state index contributed by atoms with van der Waals surface area (Å²) in [6.07, 6.45) is 13.6. The fourth-order valence-corrected chi connectivity index (χ4v) is 11.4. The van der Waals surface area contributed by atoms with Crippen molar-refractivity contribution in [3.05, 3.63) is 146 Å². The van der Waals surface area contributed by atoms with E-state index < -0.39 is 53.7 Å². The van der Waals surface area contributed by atoms with Gasteiger partial charge in [-0.3, -0.25) is 19.2 Å². The van der Waals surface area contributed by atoms with E-state index in [2.05, 4.69) is 13.2 Å². The number of hydrogen-bond acceptors (Lipinski definition) is 20. The number of anilines is 1. The Morgan fingerprint density at radius 1 is 0.528 bits per heavy atom. The third kappa shape index (κ3) is 19.7. The van der Waals surface area contributed by atoms with Gasteiger partial charge < -0.3 is 47.4 Å². The van der Waals surface area contributed by atoms with Crippen molar-refractivity contribution in [2.45, 2.75) is 109 Å². The smallest absolute Gasteiger partial charge is 0.330 e. The number of para-hydroxylation sites is 3. The van der Waals surface area contributed by atoms with Gasteiger partial charge in [-0.1, -0.05) is 48.8 Å². The van der Waals surface area contributed by atoms with E-state index in [1.54, 1.807) is 78.0 Å². The lowest BCUT2D eigenvalue weighted by Crippen LogP contribution is -2.39. The molecule has 1 unspecified atom stereocenters. The molecule has 5 aromatic carbocycles. The van der Waals surface area contributed by atoms with Gasteiger partial charge in [-0.2, -0.15) is 5.10 Å². The molecule has 0 saturated heterocycles. The average molecular weight is 1230 g/mol. The minimum atomic E-state index is -0.507. The van der Waals surface area contributed by atoms with E-state index in [4.69, 9.17) is 57.5 Å². The second-order valence-corrected chi connectivity index (χ2v) is 23.0. The fourth-order valence-electron chi connectivity index (χ4n) is 10.5. The number of hydrogen-bond donors (Lipinski definition) is 0. The van der Waals surface area contributed by atoms with Crippen molar-refractivity contribution >= 4 is 68.7 Å². The Labute approximate surface area is 521 Å². The highest BCUT2D eigenvalue weighted by molar-refractivity contribution is 7.22. The van der Waals surface area contributed by atoms with Crippen LogP contribution in [0, 0.1) is 23.7 Å². The summed E-state index contributed by atoms with van der Waals surface area (Å²) in [7, 11) is 0. The van der Waals surface area contributed by atoms with Gasteiger partial charge in [-0.15, -0.1) is 0 Å². The standard InChI is InChI=1S/C69H75N3O16S/c1-3-63(73)81-41-15-7-5-13-39-79-52-29-33-54(34-30-52)85-65(75)47-21-23-49(24-22-47)67(77)87-56-37-38-59(51(43-56)44-70-72(69-71-58-17-9-12-20-62(58)89-69)45-57-46-83-60-18-10-11-19-61(60)84-57)88-68(78)50-27-25-48(26-28-50)66(76)86-55-35-31-53(32-36-55)80-40-14-6-8-16-42-82-64(74)4-2/h3-4,9-12,17-20,29-38,43-44,47-50,57H,1-2,5-8,13-16,21-28,39-42,45-46H2/b70-44+/t47-,48-,49-,50-,57?. The van der Waals surface area contributed by atoms with Gasteiger partial charge in [0.1, 0.15) is 41.1 Å². The van der Waals surface area contributed by atoms with E-state index in [1.807, 2.05) is 48.5 Å². The van der Waals surface area contributed by atoms with Crippen LogP contribution < -0.4 is 42.9 Å². The molecule has 19 nitrogen and oxygen atoms in total. The summed E-state index contributed by atoms with van der Waals surface area (Å²) in [5.41, 5.74) is 1.14. The number of unbranched alkanes of at least 4 members (excludes halogenated alkanes) is 6. The van der Waals surface area contributed by atoms with Gasteiger partial charge in [-0.05, 0) is 194 Å². The van der Waals surface area contributed by atoms with Gasteiger partial charge >= 0.3 is 35.8 Å². The first-order valence-electron chi connectivity index (χ1n) is 30.6. The van der Waals surface area contributed by atoms with Crippen molar-refractivity contribution in [2.75, 3.05) is 44.6 Å². The monoisotopic (exact) mass is 1230 g/mol. The molecular weight excluding hydrogens is 1160 g/mol. The number of hydrazone groups is 1. The first-order valence-corrected chi connectivity index (χ1v) is 31.4. The largest absolute Gasteiger partial charge is 0.494 e. The zero-order valence-electron chi connectivity index (χ0n) is 49.8. The molecule has 2 fully saturated rings. The first kappa shape index (κ1) is 64.4. The normalized spacial score (nSPS) is 17.8. The number of ether oxygens (including phenoxy) is 10. The van der Waals surface area contributed by atoms with Crippen LogP contribution in [0.1, 0.15) is 108 Å².